The highest BCUT2D eigenvalue weighted by Gasteiger charge is 2.20. The van der Waals surface area contributed by atoms with Crippen molar-refractivity contribution in [3.63, 3.8) is 0 Å². The van der Waals surface area contributed by atoms with Crippen LogP contribution in [0, 0.1) is 0 Å². The third-order valence-corrected chi connectivity index (χ3v) is 6.40. The summed E-state index contributed by atoms with van der Waals surface area (Å²) in [6.45, 7) is 5.02. The number of nitrogens with zero attached hydrogens (tertiary/aromatic N) is 2. The van der Waals surface area contributed by atoms with E-state index in [0.29, 0.717) is 0 Å². The van der Waals surface area contributed by atoms with E-state index >= 15 is 0 Å². The minimum absolute atomic E-state index is 1.26. The van der Waals surface area contributed by atoms with Crippen LogP contribution in [-0.4, -0.2) is 36.0 Å². The molecule has 0 radical (unpaired) electrons. The molecule has 0 unspecified atom stereocenters. The van der Waals surface area contributed by atoms with Crippen LogP contribution in [0.1, 0.15) is 38.5 Å². The lowest BCUT2D eigenvalue weighted by atomic mass is 10.1. The van der Waals surface area contributed by atoms with Gasteiger partial charge in [0.2, 0.25) is 0 Å². The summed E-state index contributed by atoms with van der Waals surface area (Å²) in [4.78, 5) is 5.12. The van der Waals surface area contributed by atoms with Crippen LogP contribution in [0.5, 0.6) is 0 Å². The molecule has 4 heteroatoms. The largest absolute Gasteiger partial charge is 0.366 e. The van der Waals surface area contributed by atoms with Crippen molar-refractivity contribution in [2.45, 2.75) is 38.5 Å². The quantitative estimate of drug-likeness (QED) is 0.705. The van der Waals surface area contributed by atoms with E-state index < -0.39 is 0 Å². The zero-order valence-electron chi connectivity index (χ0n) is 10.9. The molecule has 2 nitrogen and oxygen atoms in total. The van der Waals surface area contributed by atoms with E-state index in [1.165, 1.54) is 74.8 Å². The molecule has 0 bridgehead atoms. The smallest absolute Gasteiger partial charge is 0.0820 e. The molecule has 3 aliphatic rings. The molecule has 0 aromatic heterocycles. The van der Waals surface area contributed by atoms with Crippen molar-refractivity contribution in [2.75, 3.05) is 26.2 Å². The fraction of sp³-hybridized carbons (Fsp3) is 0.714. The van der Waals surface area contributed by atoms with E-state index in [9.17, 15) is 0 Å². The van der Waals surface area contributed by atoms with Gasteiger partial charge in [-0.2, -0.15) is 0 Å². The first-order valence-electron chi connectivity index (χ1n) is 7.20. The summed E-state index contributed by atoms with van der Waals surface area (Å²) in [5.74, 6) is 0. The maximum atomic E-state index is 2.56. The second-order valence-corrected chi connectivity index (χ2v) is 7.44. The molecule has 0 aromatic rings. The zero-order chi connectivity index (χ0) is 12.2. The Balaban J connectivity index is 1.62. The lowest BCUT2D eigenvalue weighted by Crippen LogP contribution is -2.30. The standard InChI is InChI=1S/C14H22N2S2/c1-3-9-15(10-4-1)13-7-8-14(18-17-13)16-11-5-2-6-12-16/h7-8H,1-6,9-12H2. The molecule has 0 spiro atoms. The molecule has 3 aliphatic heterocycles. The Kier molecular flexibility index (Phi) is 4.47. The lowest BCUT2D eigenvalue weighted by Gasteiger charge is -2.34. The van der Waals surface area contributed by atoms with Gasteiger partial charge in [0.1, 0.15) is 0 Å². The van der Waals surface area contributed by atoms with Crippen LogP contribution in [0.15, 0.2) is 22.2 Å². The monoisotopic (exact) mass is 282 g/mol. The van der Waals surface area contributed by atoms with Crippen LogP contribution < -0.4 is 0 Å². The predicted octanol–water partition coefficient (Wildman–Crippen LogP) is 4.04. The summed E-state index contributed by atoms with van der Waals surface area (Å²) in [6.07, 6.45) is 13.0. The molecule has 0 atom stereocenters. The third-order valence-electron chi connectivity index (χ3n) is 3.92. The molecular formula is C14H22N2S2. The Morgan fingerprint density at radius 2 is 1.00 bits per heavy atom. The molecule has 0 aromatic carbocycles. The van der Waals surface area contributed by atoms with Gasteiger partial charge in [0.25, 0.3) is 0 Å². The van der Waals surface area contributed by atoms with Crippen molar-refractivity contribution in [1.82, 2.24) is 9.80 Å². The first-order valence-corrected chi connectivity index (χ1v) is 9.35. The molecule has 18 heavy (non-hydrogen) atoms. The number of hydrogen-bond donors (Lipinski definition) is 0. The summed E-state index contributed by atoms with van der Waals surface area (Å²) in [5.41, 5.74) is 0. The van der Waals surface area contributed by atoms with Crippen molar-refractivity contribution >= 4 is 21.6 Å². The van der Waals surface area contributed by atoms with E-state index in [0.717, 1.165) is 0 Å². The minimum atomic E-state index is 1.26. The highest BCUT2D eigenvalue weighted by molar-refractivity contribution is 8.79. The zero-order valence-corrected chi connectivity index (χ0v) is 12.6. The summed E-state index contributed by atoms with van der Waals surface area (Å²) < 4.78 is 0. The SMILES string of the molecule is C1=C(N2CCCCC2)SSC(N2CCCCC2)=C1. The first kappa shape index (κ1) is 12.8. The van der Waals surface area contributed by atoms with Gasteiger partial charge in [-0.05, 0) is 72.3 Å². The maximum absolute atomic E-state index is 2.56. The van der Waals surface area contributed by atoms with E-state index in [-0.39, 0.29) is 0 Å². The number of hydrogen-bond acceptors (Lipinski definition) is 4. The number of piperidine rings is 2. The van der Waals surface area contributed by atoms with Crippen LogP contribution in [-0.2, 0) is 0 Å². The van der Waals surface area contributed by atoms with Crippen LogP contribution in [0.2, 0.25) is 0 Å². The second kappa shape index (κ2) is 6.29. The van der Waals surface area contributed by atoms with Crippen molar-refractivity contribution in [3.05, 3.63) is 22.2 Å². The molecular weight excluding hydrogens is 260 g/mol. The molecule has 0 saturated carbocycles. The van der Waals surface area contributed by atoms with E-state index in [4.69, 9.17) is 0 Å². The van der Waals surface area contributed by atoms with Crippen LogP contribution in [0.25, 0.3) is 0 Å². The molecule has 2 saturated heterocycles. The lowest BCUT2D eigenvalue weighted by molar-refractivity contribution is 0.299. The molecule has 0 amide bonds. The van der Waals surface area contributed by atoms with Gasteiger partial charge in [0, 0.05) is 26.2 Å². The van der Waals surface area contributed by atoms with E-state index in [1.54, 1.807) is 0 Å². The Hall–Kier alpha value is -0.220. The van der Waals surface area contributed by atoms with Gasteiger partial charge >= 0.3 is 0 Å². The van der Waals surface area contributed by atoms with Crippen LogP contribution in [0.3, 0.4) is 0 Å². The van der Waals surface area contributed by atoms with Gasteiger partial charge in [-0.15, -0.1) is 0 Å². The van der Waals surface area contributed by atoms with E-state index in [2.05, 4.69) is 22.0 Å². The van der Waals surface area contributed by atoms with Gasteiger partial charge in [0.05, 0.1) is 10.1 Å². The summed E-state index contributed by atoms with van der Waals surface area (Å²) in [5, 5.41) is 2.95. The van der Waals surface area contributed by atoms with Crippen molar-refractivity contribution in [2.24, 2.45) is 0 Å². The van der Waals surface area contributed by atoms with Gasteiger partial charge in [-0.1, -0.05) is 0 Å². The topological polar surface area (TPSA) is 6.48 Å². The number of rotatable bonds is 2. The van der Waals surface area contributed by atoms with E-state index in [1.807, 2.05) is 21.6 Å². The summed E-state index contributed by atoms with van der Waals surface area (Å²) in [6, 6.07) is 0. The highest BCUT2D eigenvalue weighted by Crippen LogP contribution is 2.43. The Labute approximate surface area is 118 Å². The third kappa shape index (κ3) is 3.02. The van der Waals surface area contributed by atoms with Crippen LogP contribution in [0.4, 0.5) is 0 Å². The summed E-state index contributed by atoms with van der Waals surface area (Å²) in [7, 11) is 3.93. The molecule has 100 valence electrons. The van der Waals surface area contributed by atoms with Gasteiger partial charge < -0.3 is 9.80 Å². The molecule has 0 aliphatic carbocycles. The maximum Gasteiger partial charge on any atom is 0.0820 e. The highest BCUT2D eigenvalue weighted by atomic mass is 33.1. The molecule has 2 fully saturated rings. The average Bonchev–Trinajstić information content (AvgIpc) is 2.49. The van der Waals surface area contributed by atoms with Gasteiger partial charge in [0.15, 0.2) is 0 Å². The number of likely N-dealkylation sites (tertiary alicyclic amines) is 2. The van der Waals surface area contributed by atoms with Crippen molar-refractivity contribution in [1.29, 1.82) is 0 Å². The summed E-state index contributed by atoms with van der Waals surface area (Å²) >= 11 is 0. The Morgan fingerprint density at radius 3 is 1.33 bits per heavy atom. The Bertz CT molecular complexity index is 306. The normalized spacial score (nSPS) is 25.8. The first-order chi connectivity index (χ1) is 8.93. The average molecular weight is 282 g/mol. The van der Waals surface area contributed by atoms with Crippen molar-refractivity contribution < 1.29 is 0 Å². The van der Waals surface area contributed by atoms with Gasteiger partial charge in [-0.25, -0.2) is 0 Å². The van der Waals surface area contributed by atoms with Crippen molar-refractivity contribution in [3.8, 4) is 0 Å². The second-order valence-electron chi connectivity index (χ2n) is 5.27. The molecule has 3 heterocycles. The number of allylic oxidation sites excluding steroid dienone is 2. The minimum Gasteiger partial charge on any atom is -0.366 e. The molecule has 3 rings (SSSR count). The fourth-order valence-corrected chi connectivity index (χ4v) is 5.30. The van der Waals surface area contributed by atoms with Crippen LogP contribution >= 0.6 is 21.6 Å². The fourth-order valence-electron chi connectivity index (χ4n) is 2.83. The molecule has 0 N–H and O–H groups in total. The Morgan fingerprint density at radius 1 is 0.611 bits per heavy atom. The predicted molar refractivity (Wildman–Crippen MR) is 82.2 cm³/mol. The van der Waals surface area contributed by atoms with Gasteiger partial charge in [-0.3, -0.25) is 0 Å².